The van der Waals surface area contributed by atoms with Crippen LogP contribution in [-0.4, -0.2) is 37.5 Å². The third-order valence-corrected chi connectivity index (χ3v) is 2.95. The van der Waals surface area contributed by atoms with Crippen molar-refractivity contribution in [3.05, 3.63) is 35.9 Å². The van der Waals surface area contributed by atoms with E-state index >= 15 is 0 Å². The van der Waals surface area contributed by atoms with Gasteiger partial charge in [-0.1, -0.05) is 30.3 Å². The van der Waals surface area contributed by atoms with Crippen LogP contribution in [0.25, 0.3) is 0 Å². The van der Waals surface area contributed by atoms with Crippen molar-refractivity contribution < 1.29 is 4.79 Å². The molecule has 0 saturated heterocycles. The van der Waals surface area contributed by atoms with Crippen LogP contribution in [0.5, 0.6) is 0 Å². The first-order chi connectivity index (χ1) is 10.6. The molecule has 6 heteroatoms. The zero-order valence-electron chi connectivity index (χ0n) is 14.3. The van der Waals surface area contributed by atoms with E-state index in [9.17, 15) is 4.79 Å². The maximum absolute atomic E-state index is 11.6. The third-order valence-electron chi connectivity index (χ3n) is 2.95. The van der Waals surface area contributed by atoms with E-state index in [0.29, 0.717) is 13.0 Å². The highest BCUT2D eigenvalue weighted by atomic mass is 127. The van der Waals surface area contributed by atoms with E-state index in [1.165, 1.54) is 5.56 Å². The number of rotatable bonds is 8. The summed E-state index contributed by atoms with van der Waals surface area (Å²) in [5.74, 6) is 0.801. The van der Waals surface area contributed by atoms with Crippen molar-refractivity contribution in [2.75, 3.05) is 19.6 Å². The highest BCUT2D eigenvalue weighted by Crippen LogP contribution is 1.98. The Bertz CT molecular complexity index is 463. The highest BCUT2D eigenvalue weighted by molar-refractivity contribution is 14.0. The van der Waals surface area contributed by atoms with Crippen molar-refractivity contribution in [1.29, 1.82) is 0 Å². The molecule has 1 aromatic rings. The molecule has 0 spiro atoms. The van der Waals surface area contributed by atoms with Gasteiger partial charge in [-0.25, -0.2) is 0 Å². The molecule has 5 nitrogen and oxygen atoms in total. The lowest BCUT2D eigenvalue weighted by Crippen LogP contribution is -2.38. The number of aliphatic imine (C=N–C) groups is 1. The van der Waals surface area contributed by atoms with E-state index in [4.69, 9.17) is 0 Å². The first-order valence-electron chi connectivity index (χ1n) is 7.97. The number of nitrogens with one attached hydrogen (secondary N) is 3. The number of halogens is 1. The largest absolute Gasteiger partial charge is 0.357 e. The van der Waals surface area contributed by atoms with Gasteiger partial charge in [0.25, 0.3) is 0 Å². The Kier molecular flexibility index (Phi) is 12.4. The third kappa shape index (κ3) is 11.0. The van der Waals surface area contributed by atoms with E-state index in [1.54, 1.807) is 0 Å². The predicted molar refractivity (Wildman–Crippen MR) is 107 cm³/mol. The highest BCUT2D eigenvalue weighted by Gasteiger charge is 2.03. The maximum atomic E-state index is 11.6. The Balaban J connectivity index is 0.00000484. The van der Waals surface area contributed by atoms with Gasteiger partial charge in [0, 0.05) is 25.6 Å². The molecule has 0 radical (unpaired) electrons. The number of guanidine groups is 1. The summed E-state index contributed by atoms with van der Waals surface area (Å²) in [4.78, 5) is 16.0. The van der Waals surface area contributed by atoms with Crippen LogP contribution in [0.2, 0.25) is 0 Å². The molecular formula is C17H29IN4O. The van der Waals surface area contributed by atoms with Crippen molar-refractivity contribution in [3.63, 3.8) is 0 Å². The Morgan fingerprint density at radius 1 is 1.17 bits per heavy atom. The summed E-state index contributed by atoms with van der Waals surface area (Å²) in [6.07, 6.45) is 1.35. The molecule has 1 amide bonds. The van der Waals surface area contributed by atoms with Gasteiger partial charge in [0.15, 0.2) is 5.96 Å². The zero-order valence-corrected chi connectivity index (χ0v) is 16.6. The Labute approximate surface area is 156 Å². The smallest absolute Gasteiger partial charge is 0.222 e. The van der Waals surface area contributed by atoms with Crippen molar-refractivity contribution in [2.24, 2.45) is 4.99 Å². The Morgan fingerprint density at radius 2 is 1.87 bits per heavy atom. The molecule has 0 heterocycles. The summed E-state index contributed by atoms with van der Waals surface area (Å²) >= 11 is 0. The monoisotopic (exact) mass is 432 g/mol. The maximum Gasteiger partial charge on any atom is 0.222 e. The molecule has 0 bridgehead atoms. The molecule has 3 N–H and O–H groups in total. The average molecular weight is 432 g/mol. The number of hydrogen-bond donors (Lipinski definition) is 3. The fourth-order valence-electron chi connectivity index (χ4n) is 1.98. The first kappa shape index (κ1) is 21.7. The normalized spacial score (nSPS) is 10.9. The molecule has 0 aromatic heterocycles. The van der Waals surface area contributed by atoms with Crippen LogP contribution in [0.3, 0.4) is 0 Å². The molecule has 0 unspecified atom stereocenters. The fraction of sp³-hybridized carbons (Fsp3) is 0.529. The molecule has 0 atom stereocenters. The number of nitrogens with zero attached hydrogens (tertiary/aromatic N) is 1. The molecule has 1 aromatic carbocycles. The van der Waals surface area contributed by atoms with Gasteiger partial charge < -0.3 is 16.0 Å². The lowest BCUT2D eigenvalue weighted by Gasteiger charge is -2.11. The van der Waals surface area contributed by atoms with Crippen LogP contribution in [0.4, 0.5) is 0 Å². The van der Waals surface area contributed by atoms with Crippen molar-refractivity contribution in [2.45, 2.75) is 39.7 Å². The van der Waals surface area contributed by atoms with Crippen LogP contribution >= 0.6 is 24.0 Å². The molecule has 0 aliphatic carbocycles. The Morgan fingerprint density at radius 3 is 2.48 bits per heavy atom. The summed E-state index contributed by atoms with van der Waals surface area (Å²) in [5.41, 5.74) is 1.29. The van der Waals surface area contributed by atoms with Gasteiger partial charge >= 0.3 is 0 Å². The second-order valence-corrected chi connectivity index (χ2v) is 5.40. The van der Waals surface area contributed by atoms with Gasteiger partial charge in [0.2, 0.25) is 5.91 Å². The van der Waals surface area contributed by atoms with E-state index in [1.807, 2.05) is 39.0 Å². The molecule has 130 valence electrons. The average Bonchev–Trinajstić information content (AvgIpc) is 2.47. The lowest BCUT2D eigenvalue weighted by atomic mass is 10.1. The fourth-order valence-corrected chi connectivity index (χ4v) is 1.98. The predicted octanol–water partition coefficient (Wildman–Crippen LogP) is 2.32. The second kappa shape index (κ2) is 13.2. The second-order valence-electron chi connectivity index (χ2n) is 5.40. The quantitative estimate of drug-likeness (QED) is 0.336. The molecule has 1 rings (SSSR count). The van der Waals surface area contributed by atoms with E-state index in [0.717, 1.165) is 25.5 Å². The van der Waals surface area contributed by atoms with Gasteiger partial charge in [0.1, 0.15) is 0 Å². The van der Waals surface area contributed by atoms with Crippen molar-refractivity contribution in [1.82, 2.24) is 16.0 Å². The van der Waals surface area contributed by atoms with Gasteiger partial charge in [0.05, 0.1) is 6.54 Å². The summed E-state index contributed by atoms with van der Waals surface area (Å²) < 4.78 is 0. The van der Waals surface area contributed by atoms with Gasteiger partial charge in [-0.3, -0.25) is 9.79 Å². The molecular weight excluding hydrogens is 403 g/mol. The van der Waals surface area contributed by atoms with Crippen molar-refractivity contribution >= 4 is 35.8 Å². The molecule has 0 fully saturated rings. The Hall–Kier alpha value is -1.31. The van der Waals surface area contributed by atoms with E-state index < -0.39 is 0 Å². The number of amides is 1. The number of carbonyl (C=O) groups is 1. The van der Waals surface area contributed by atoms with Crippen LogP contribution in [0.1, 0.15) is 32.8 Å². The minimum absolute atomic E-state index is 0. The number of hydrogen-bond acceptors (Lipinski definition) is 2. The SMILES string of the molecule is CCNC(=NCCC(=O)NC(C)C)NCCc1ccccc1.I. The summed E-state index contributed by atoms with van der Waals surface area (Å²) in [6, 6.07) is 10.5. The van der Waals surface area contributed by atoms with Gasteiger partial charge in [-0.05, 0) is 32.8 Å². The molecule has 0 aliphatic rings. The minimum atomic E-state index is 0. The zero-order chi connectivity index (χ0) is 16.2. The lowest BCUT2D eigenvalue weighted by molar-refractivity contribution is -0.121. The van der Waals surface area contributed by atoms with Gasteiger partial charge in [-0.2, -0.15) is 0 Å². The van der Waals surface area contributed by atoms with Crippen molar-refractivity contribution in [3.8, 4) is 0 Å². The standard InChI is InChI=1S/C17H28N4O.HI/c1-4-18-17(20-13-11-16(22)21-14(2)3)19-12-10-15-8-6-5-7-9-15;/h5-9,14H,4,10-13H2,1-3H3,(H,21,22)(H2,18,19,20);1H. The summed E-state index contributed by atoms with van der Waals surface area (Å²) in [7, 11) is 0. The van der Waals surface area contributed by atoms with Gasteiger partial charge in [-0.15, -0.1) is 24.0 Å². The first-order valence-corrected chi connectivity index (χ1v) is 7.97. The topological polar surface area (TPSA) is 65.5 Å². The van der Waals surface area contributed by atoms with Crippen LogP contribution in [0, 0.1) is 0 Å². The van der Waals surface area contributed by atoms with Crippen LogP contribution < -0.4 is 16.0 Å². The van der Waals surface area contributed by atoms with Crippen LogP contribution in [0.15, 0.2) is 35.3 Å². The van der Waals surface area contributed by atoms with E-state index in [2.05, 4.69) is 33.1 Å². The number of benzene rings is 1. The molecule has 0 saturated carbocycles. The molecule has 23 heavy (non-hydrogen) atoms. The summed E-state index contributed by atoms with van der Waals surface area (Å²) in [5, 5.41) is 9.35. The van der Waals surface area contributed by atoms with Crippen LogP contribution in [-0.2, 0) is 11.2 Å². The minimum Gasteiger partial charge on any atom is -0.357 e. The van der Waals surface area contributed by atoms with E-state index in [-0.39, 0.29) is 35.9 Å². The molecule has 0 aliphatic heterocycles. The number of carbonyl (C=O) groups excluding carboxylic acids is 1. The summed E-state index contributed by atoms with van der Waals surface area (Å²) in [6.45, 7) is 8.04.